The summed E-state index contributed by atoms with van der Waals surface area (Å²) in [7, 11) is 0. The zero-order valence-corrected chi connectivity index (χ0v) is 15.1. The fourth-order valence-corrected chi connectivity index (χ4v) is 3.27. The highest BCUT2D eigenvalue weighted by Gasteiger charge is 2.18. The molecule has 0 atom stereocenters. The molecule has 0 unspecified atom stereocenters. The van der Waals surface area contributed by atoms with Gasteiger partial charge in [-0.1, -0.05) is 18.2 Å². The third kappa shape index (κ3) is 3.05. The lowest BCUT2D eigenvalue weighted by molar-refractivity contribution is 0.102. The number of ether oxygens (including phenoxy) is 2. The number of aryl methyl sites for hydroxylation is 1. The number of aromatic nitrogens is 1. The number of nitrogens with one attached hydrogen (secondary N) is 1. The number of hydrogen-bond acceptors (Lipinski definition) is 4. The van der Waals surface area contributed by atoms with Crippen LogP contribution in [0.15, 0.2) is 46.9 Å². The second-order valence-corrected chi connectivity index (χ2v) is 6.61. The largest absolute Gasteiger partial charge is 0.486 e. The maximum Gasteiger partial charge on any atom is 0.256 e. The standard InChI is InChI=1S/C19H15BrN2O3/c1-11-8-13(12-4-2-3-5-15(12)21-11)19(23)22-16-10-18-17(9-14(16)20)24-6-7-25-18/h2-5,8-10H,6-7H2,1H3,(H,22,23). The highest BCUT2D eigenvalue weighted by Crippen LogP contribution is 2.38. The summed E-state index contributed by atoms with van der Waals surface area (Å²) in [5.74, 6) is 1.10. The quantitative estimate of drug-likeness (QED) is 0.697. The van der Waals surface area contributed by atoms with Gasteiger partial charge in [0.05, 0.1) is 16.8 Å². The number of amides is 1. The van der Waals surface area contributed by atoms with Crippen LogP contribution in [0.25, 0.3) is 10.9 Å². The number of hydrogen-bond donors (Lipinski definition) is 1. The van der Waals surface area contributed by atoms with Gasteiger partial charge in [-0.2, -0.15) is 0 Å². The Morgan fingerprint density at radius 2 is 1.84 bits per heavy atom. The van der Waals surface area contributed by atoms with Gasteiger partial charge in [-0.25, -0.2) is 0 Å². The predicted octanol–water partition coefficient (Wildman–Crippen LogP) is 4.33. The molecule has 1 N–H and O–H groups in total. The number of pyridine rings is 1. The smallest absolute Gasteiger partial charge is 0.256 e. The van der Waals surface area contributed by atoms with E-state index in [1.54, 1.807) is 18.2 Å². The molecule has 3 aromatic rings. The first-order valence-electron chi connectivity index (χ1n) is 7.89. The third-order valence-corrected chi connectivity index (χ3v) is 4.63. The number of carbonyl (C=O) groups excluding carboxylic acids is 1. The summed E-state index contributed by atoms with van der Waals surface area (Å²) >= 11 is 3.48. The van der Waals surface area contributed by atoms with Gasteiger partial charge in [0.25, 0.3) is 5.91 Å². The summed E-state index contributed by atoms with van der Waals surface area (Å²) in [6, 6.07) is 13.0. The second kappa shape index (κ2) is 6.37. The molecule has 5 nitrogen and oxygen atoms in total. The van der Waals surface area contributed by atoms with Gasteiger partial charge in [-0.05, 0) is 35.0 Å². The summed E-state index contributed by atoms with van der Waals surface area (Å²) in [6.07, 6.45) is 0. The summed E-state index contributed by atoms with van der Waals surface area (Å²) in [5, 5.41) is 3.77. The number of rotatable bonds is 2. The van der Waals surface area contributed by atoms with Gasteiger partial charge in [-0.3, -0.25) is 9.78 Å². The number of halogens is 1. The van der Waals surface area contributed by atoms with Crippen molar-refractivity contribution in [1.29, 1.82) is 0 Å². The van der Waals surface area contributed by atoms with Crippen molar-refractivity contribution >= 4 is 38.4 Å². The molecular weight excluding hydrogens is 384 g/mol. The molecule has 25 heavy (non-hydrogen) atoms. The van der Waals surface area contributed by atoms with Gasteiger partial charge in [0.1, 0.15) is 13.2 Å². The fourth-order valence-electron chi connectivity index (χ4n) is 2.85. The van der Waals surface area contributed by atoms with Gasteiger partial charge in [-0.15, -0.1) is 0 Å². The van der Waals surface area contributed by atoms with Gasteiger partial charge >= 0.3 is 0 Å². The highest BCUT2D eigenvalue weighted by molar-refractivity contribution is 9.10. The SMILES string of the molecule is Cc1cc(C(=O)Nc2cc3c(cc2Br)OCCO3)c2ccccc2n1. The van der Waals surface area contributed by atoms with E-state index >= 15 is 0 Å². The summed E-state index contributed by atoms with van der Waals surface area (Å²) in [4.78, 5) is 17.3. The van der Waals surface area contributed by atoms with Crippen molar-refractivity contribution in [2.45, 2.75) is 6.92 Å². The Morgan fingerprint density at radius 3 is 2.64 bits per heavy atom. The van der Waals surface area contributed by atoms with E-state index in [1.807, 2.05) is 31.2 Å². The van der Waals surface area contributed by atoms with Crippen LogP contribution in [0.4, 0.5) is 5.69 Å². The lowest BCUT2D eigenvalue weighted by Crippen LogP contribution is -2.17. The Balaban J connectivity index is 1.71. The number of fused-ring (bicyclic) bond motifs is 2. The van der Waals surface area contributed by atoms with Gasteiger partial charge in [0, 0.05) is 27.7 Å². The molecule has 0 saturated carbocycles. The van der Waals surface area contributed by atoms with E-state index in [4.69, 9.17) is 9.47 Å². The van der Waals surface area contributed by atoms with Crippen molar-refractivity contribution in [3.05, 3.63) is 58.2 Å². The minimum absolute atomic E-state index is 0.195. The van der Waals surface area contributed by atoms with E-state index in [0.29, 0.717) is 36.0 Å². The summed E-state index contributed by atoms with van der Waals surface area (Å²) < 4.78 is 11.9. The molecule has 0 aliphatic carbocycles. The molecule has 4 rings (SSSR count). The van der Waals surface area contributed by atoms with Crippen molar-refractivity contribution in [2.75, 3.05) is 18.5 Å². The minimum Gasteiger partial charge on any atom is -0.486 e. The van der Waals surface area contributed by atoms with Crippen LogP contribution in [0, 0.1) is 6.92 Å². The molecule has 0 saturated heterocycles. The number of benzene rings is 2. The molecule has 1 aliphatic rings. The zero-order valence-electron chi connectivity index (χ0n) is 13.5. The maximum absolute atomic E-state index is 12.9. The van der Waals surface area contributed by atoms with Crippen LogP contribution in [-0.2, 0) is 0 Å². The van der Waals surface area contributed by atoms with E-state index in [2.05, 4.69) is 26.2 Å². The Kier molecular flexibility index (Phi) is 4.05. The van der Waals surface area contributed by atoms with E-state index in [0.717, 1.165) is 21.1 Å². The first kappa shape index (κ1) is 15.9. The fraction of sp³-hybridized carbons (Fsp3) is 0.158. The average Bonchev–Trinajstić information content (AvgIpc) is 2.61. The number of carbonyl (C=O) groups is 1. The van der Waals surface area contributed by atoms with E-state index < -0.39 is 0 Å². The molecule has 0 fully saturated rings. The van der Waals surface area contributed by atoms with Crippen molar-refractivity contribution in [3.63, 3.8) is 0 Å². The van der Waals surface area contributed by atoms with Crippen LogP contribution >= 0.6 is 15.9 Å². The minimum atomic E-state index is -0.195. The molecule has 126 valence electrons. The molecule has 0 bridgehead atoms. The predicted molar refractivity (Wildman–Crippen MR) is 99.6 cm³/mol. The second-order valence-electron chi connectivity index (χ2n) is 5.76. The van der Waals surface area contributed by atoms with Crippen LogP contribution in [0.1, 0.15) is 16.1 Å². The van der Waals surface area contributed by atoms with Crippen LogP contribution < -0.4 is 14.8 Å². The van der Waals surface area contributed by atoms with Gasteiger partial charge < -0.3 is 14.8 Å². The Bertz CT molecular complexity index is 988. The van der Waals surface area contributed by atoms with Crippen molar-refractivity contribution in [1.82, 2.24) is 4.98 Å². The van der Waals surface area contributed by atoms with Crippen molar-refractivity contribution < 1.29 is 14.3 Å². The number of anilines is 1. The lowest BCUT2D eigenvalue weighted by Gasteiger charge is -2.20. The summed E-state index contributed by atoms with van der Waals surface area (Å²) in [6.45, 7) is 2.90. The topological polar surface area (TPSA) is 60.5 Å². The molecular formula is C19H15BrN2O3. The number of para-hydroxylation sites is 1. The highest BCUT2D eigenvalue weighted by atomic mass is 79.9. The molecule has 1 aromatic heterocycles. The first-order valence-corrected chi connectivity index (χ1v) is 8.68. The molecule has 0 radical (unpaired) electrons. The van der Waals surface area contributed by atoms with Crippen LogP contribution in [0.5, 0.6) is 11.5 Å². The molecule has 2 heterocycles. The molecule has 6 heteroatoms. The third-order valence-electron chi connectivity index (χ3n) is 3.97. The molecule has 1 aliphatic heterocycles. The zero-order chi connectivity index (χ0) is 17.4. The Labute approximate surface area is 153 Å². The van der Waals surface area contributed by atoms with Crippen molar-refractivity contribution in [2.24, 2.45) is 0 Å². The lowest BCUT2D eigenvalue weighted by atomic mass is 10.1. The molecule has 0 spiro atoms. The van der Waals surface area contributed by atoms with Crippen LogP contribution in [0.3, 0.4) is 0 Å². The monoisotopic (exact) mass is 398 g/mol. The van der Waals surface area contributed by atoms with E-state index in [1.165, 1.54) is 0 Å². The van der Waals surface area contributed by atoms with E-state index in [9.17, 15) is 4.79 Å². The average molecular weight is 399 g/mol. The first-order chi connectivity index (χ1) is 12.1. The van der Waals surface area contributed by atoms with Crippen molar-refractivity contribution in [3.8, 4) is 11.5 Å². The van der Waals surface area contributed by atoms with E-state index in [-0.39, 0.29) is 5.91 Å². The Hall–Kier alpha value is -2.60. The van der Waals surface area contributed by atoms with Crippen LogP contribution in [0.2, 0.25) is 0 Å². The Morgan fingerprint density at radius 1 is 1.12 bits per heavy atom. The number of nitrogens with zero attached hydrogens (tertiary/aromatic N) is 1. The maximum atomic E-state index is 12.9. The molecule has 1 amide bonds. The summed E-state index contributed by atoms with van der Waals surface area (Å²) in [5.41, 5.74) is 2.82. The molecule has 2 aromatic carbocycles. The van der Waals surface area contributed by atoms with Gasteiger partial charge in [0.15, 0.2) is 11.5 Å². The van der Waals surface area contributed by atoms with Crippen LogP contribution in [-0.4, -0.2) is 24.1 Å². The normalized spacial score (nSPS) is 12.9. The van der Waals surface area contributed by atoms with Gasteiger partial charge in [0.2, 0.25) is 0 Å².